The van der Waals surface area contributed by atoms with Crippen LogP contribution in [0.4, 0.5) is 0 Å². The van der Waals surface area contributed by atoms with Crippen molar-refractivity contribution in [2.24, 2.45) is 0 Å². The molecule has 4 rings (SSSR count). The summed E-state index contributed by atoms with van der Waals surface area (Å²) >= 11 is 1.23. The van der Waals surface area contributed by atoms with E-state index in [0.717, 1.165) is 33.5 Å². The molecule has 2 heterocycles. The van der Waals surface area contributed by atoms with E-state index in [9.17, 15) is 0 Å². The number of benzene rings is 2. The van der Waals surface area contributed by atoms with E-state index in [0.29, 0.717) is 0 Å². The third-order valence-electron chi connectivity index (χ3n) is 3.18. The van der Waals surface area contributed by atoms with E-state index in [2.05, 4.69) is 37.8 Å². The van der Waals surface area contributed by atoms with Crippen LogP contribution in [-0.2, 0) is 0 Å². The Bertz CT molecular complexity index is 891. The number of nitrogens with one attached hydrogen (secondary N) is 1. The van der Waals surface area contributed by atoms with Gasteiger partial charge in [0.2, 0.25) is 0 Å². The molecule has 0 unspecified atom stereocenters. The molecule has 0 saturated carbocycles. The lowest BCUT2D eigenvalue weighted by Gasteiger charge is -1.96. The molecule has 2 aromatic carbocycles. The second kappa shape index (κ2) is 3.86. The largest absolute Gasteiger partial charge is 0.338 e. The molecule has 4 nitrogen and oxygen atoms in total. The molecule has 0 aliphatic rings. The van der Waals surface area contributed by atoms with Gasteiger partial charge in [0.25, 0.3) is 0 Å². The van der Waals surface area contributed by atoms with Crippen LogP contribution in [-0.4, -0.2) is 18.7 Å². The van der Waals surface area contributed by atoms with Crippen molar-refractivity contribution < 1.29 is 0 Å². The van der Waals surface area contributed by atoms with Crippen LogP contribution < -0.4 is 0 Å². The van der Waals surface area contributed by atoms with Crippen LogP contribution in [0.1, 0.15) is 5.56 Å². The zero-order valence-corrected chi connectivity index (χ0v) is 11.0. The van der Waals surface area contributed by atoms with Gasteiger partial charge in [0.05, 0.1) is 22.8 Å². The third-order valence-corrected chi connectivity index (χ3v) is 3.72. The van der Waals surface area contributed by atoms with Crippen molar-refractivity contribution in [2.75, 3.05) is 0 Å². The number of imidazole rings is 1. The lowest BCUT2D eigenvalue weighted by atomic mass is 10.2. The summed E-state index contributed by atoms with van der Waals surface area (Å²) in [5, 5.41) is 0. The molecule has 0 saturated heterocycles. The smallest absolute Gasteiger partial charge is 0.140 e. The van der Waals surface area contributed by atoms with Crippen molar-refractivity contribution in [2.45, 2.75) is 6.92 Å². The molecule has 92 valence electrons. The Morgan fingerprint density at radius 1 is 1.05 bits per heavy atom. The number of rotatable bonds is 1. The van der Waals surface area contributed by atoms with E-state index in [1.54, 1.807) is 0 Å². The number of hydrogen-bond donors (Lipinski definition) is 1. The summed E-state index contributed by atoms with van der Waals surface area (Å²) in [6.45, 7) is 2.07. The van der Waals surface area contributed by atoms with Crippen molar-refractivity contribution in [1.82, 2.24) is 18.7 Å². The van der Waals surface area contributed by atoms with Crippen LogP contribution in [0.5, 0.6) is 0 Å². The summed E-state index contributed by atoms with van der Waals surface area (Å²) in [6, 6.07) is 12.2. The first-order chi connectivity index (χ1) is 9.31. The van der Waals surface area contributed by atoms with Crippen LogP contribution in [0.15, 0.2) is 36.4 Å². The highest BCUT2D eigenvalue weighted by Crippen LogP contribution is 2.27. The molecular weight excluding hydrogens is 256 g/mol. The Kier molecular flexibility index (Phi) is 2.16. The van der Waals surface area contributed by atoms with Crippen molar-refractivity contribution >= 4 is 33.8 Å². The van der Waals surface area contributed by atoms with E-state index in [1.807, 2.05) is 24.3 Å². The summed E-state index contributed by atoms with van der Waals surface area (Å²) in [5.74, 6) is 0.846. The zero-order valence-electron chi connectivity index (χ0n) is 10.2. The molecule has 19 heavy (non-hydrogen) atoms. The molecule has 0 fully saturated rings. The first-order valence-corrected chi connectivity index (χ1v) is 6.72. The maximum atomic E-state index is 4.64. The van der Waals surface area contributed by atoms with Gasteiger partial charge in [0, 0.05) is 5.56 Å². The average Bonchev–Trinajstić information content (AvgIpc) is 3.03. The highest BCUT2D eigenvalue weighted by molar-refractivity contribution is 7.00. The quantitative estimate of drug-likeness (QED) is 0.573. The van der Waals surface area contributed by atoms with Gasteiger partial charge in [-0.05, 0) is 36.8 Å². The summed E-state index contributed by atoms with van der Waals surface area (Å²) in [4.78, 5) is 8.00. The second-order valence-electron chi connectivity index (χ2n) is 4.54. The van der Waals surface area contributed by atoms with E-state index in [1.165, 1.54) is 17.3 Å². The number of fused-ring (bicyclic) bond motifs is 2. The fourth-order valence-electron chi connectivity index (χ4n) is 2.25. The third kappa shape index (κ3) is 1.62. The SMILES string of the molecule is Cc1ccc2nc(-c3cccc4nsnc34)[nH]c2c1. The molecule has 2 aromatic heterocycles. The van der Waals surface area contributed by atoms with Crippen molar-refractivity contribution in [3.63, 3.8) is 0 Å². The normalized spacial score (nSPS) is 11.4. The van der Waals surface area contributed by atoms with Crippen LogP contribution in [0.25, 0.3) is 33.5 Å². The van der Waals surface area contributed by atoms with Gasteiger partial charge in [-0.1, -0.05) is 12.1 Å². The van der Waals surface area contributed by atoms with Gasteiger partial charge in [-0.2, -0.15) is 8.75 Å². The van der Waals surface area contributed by atoms with Crippen molar-refractivity contribution in [1.29, 1.82) is 0 Å². The second-order valence-corrected chi connectivity index (χ2v) is 5.07. The minimum Gasteiger partial charge on any atom is -0.338 e. The van der Waals surface area contributed by atoms with Gasteiger partial charge in [-0.15, -0.1) is 0 Å². The standard InChI is InChI=1S/C14H10N4S/c1-8-5-6-10-12(7-8)16-14(15-10)9-3-2-4-11-13(9)18-19-17-11/h2-7H,1H3,(H,15,16). The van der Waals surface area contributed by atoms with Gasteiger partial charge >= 0.3 is 0 Å². The highest BCUT2D eigenvalue weighted by atomic mass is 32.1. The molecule has 0 aliphatic carbocycles. The summed E-state index contributed by atoms with van der Waals surface area (Å²) in [5.41, 5.74) is 6.06. The van der Waals surface area contributed by atoms with Gasteiger partial charge in [0.1, 0.15) is 16.9 Å². The molecule has 0 bridgehead atoms. The fourth-order valence-corrected chi connectivity index (χ4v) is 2.80. The summed E-state index contributed by atoms with van der Waals surface area (Å²) < 4.78 is 8.62. The topological polar surface area (TPSA) is 54.5 Å². The molecule has 0 spiro atoms. The Morgan fingerprint density at radius 2 is 2.00 bits per heavy atom. The van der Waals surface area contributed by atoms with Gasteiger partial charge in [-0.3, -0.25) is 0 Å². The highest BCUT2D eigenvalue weighted by Gasteiger charge is 2.11. The van der Waals surface area contributed by atoms with E-state index in [-0.39, 0.29) is 0 Å². The maximum absolute atomic E-state index is 4.64. The molecule has 0 amide bonds. The Hall–Kier alpha value is -2.27. The molecule has 0 atom stereocenters. The van der Waals surface area contributed by atoms with E-state index < -0.39 is 0 Å². The summed E-state index contributed by atoms with van der Waals surface area (Å²) in [7, 11) is 0. The van der Waals surface area contributed by atoms with Gasteiger partial charge < -0.3 is 4.98 Å². The molecule has 1 N–H and O–H groups in total. The first-order valence-electron chi connectivity index (χ1n) is 5.99. The number of nitrogens with zero attached hydrogens (tertiary/aromatic N) is 3. The lowest BCUT2D eigenvalue weighted by Crippen LogP contribution is -1.82. The molecule has 5 heteroatoms. The van der Waals surface area contributed by atoms with Crippen LogP contribution in [0.2, 0.25) is 0 Å². The Labute approximate surface area is 113 Å². The molecule has 4 aromatic rings. The average molecular weight is 266 g/mol. The monoisotopic (exact) mass is 266 g/mol. The number of aromatic amines is 1. The fraction of sp³-hybridized carbons (Fsp3) is 0.0714. The number of aromatic nitrogens is 4. The predicted octanol–water partition coefficient (Wildman–Crippen LogP) is 3.54. The predicted molar refractivity (Wildman–Crippen MR) is 77.2 cm³/mol. The minimum absolute atomic E-state index is 0.846. The number of aryl methyl sites for hydroxylation is 1. The summed E-state index contributed by atoms with van der Waals surface area (Å²) in [6.07, 6.45) is 0. The van der Waals surface area contributed by atoms with Gasteiger partial charge in [0.15, 0.2) is 0 Å². The van der Waals surface area contributed by atoms with Crippen LogP contribution >= 0.6 is 11.7 Å². The zero-order chi connectivity index (χ0) is 12.8. The van der Waals surface area contributed by atoms with Crippen LogP contribution in [0, 0.1) is 6.92 Å². The molecular formula is C14H10N4S. The van der Waals surface area contributed by atoms with Crippen molar-refractivity contribution in [3.8, 4) is 11.4 Å². The molecule has 0 aliphatic heterocycles. The van der Waals surface area contributed by atoms with E-state index in [4.69, 9.17) is 0 Å². The maximum Gasteiger partial charge on any atom is 0.140 e. The van der Waals surface area contributed by atoms with Crippen LogP contribution in [0.3, 0.4) is 0 Å². The number of H-pyrrole nitrogens is 1. The Balaban J connectivity index is 2.01. The molecule has 0 radical (unpaired) electrons. The van der Waals surface area contributed by atoms with E-state index >= 15 is 0 Å². The van der Waals surface area contributed by atoms with Crippen molar-refractivity contribution in [3.05, 3.63) is 42.0 Å². The Morgan fingerprint density at radius 3 is 2.95 bits per heavy atom. The minimum atomic E-state index is 0.846. The lowest BCUT2D eigenvalue weighted by molar-refractivity contribution is 1.34. The number of hydrogen-bond acceptors (Lipinski definition) is 4. The first kappa shape index (κ1) is 10.6. The van der Waals surface area contributed by atoms with Gasteiger partial charge in [-0.25, -0.2) is 4.98 Å².